The molecule has 0 bridgehead atoms. The summed E-state index contributed by atoms with van der Waals surface area (Å²) in [5.74, 6) is 0.612. The van der Waals surface area contributed by atoms with Gasteiger partial charge in [0, 0.05) is 18.8 Å². The van der Waals surface area contributed by atoms with Crippen molar-refractivity contribution in [3.8, 4) is 0 Å². The van der Waals surface area contributed by atoms with Crippen molar-refractivity contribution in [3.05, 3.63) is 34.9 Å². The maximum atomic E-state index is 5.77. The first-order valence-electron chi connectivity index (χ1n) is 5.99. The average Bonchev–Trinajstić information content (AvgIpc) is 2.73. The summed E-state index contributed by atoms with van der Waals surface area (Å²) in [5, 5.41) is 8.36. The largest absolute Gasteiger partial charge is 0.347 e. The topological polar surface area (TPSA) is 55.6 Å². The van der Waals surface area contributed by atoms with E-state index in [1.807, 2.05) is 11.7 Å². The van der Waals surface area contributed by atoms with Gasteiger partial charge in [0.05, 0.1) is 29.2 Å². The van der Waals surface area contributed by atoms with Crippen molar-refractivity contribution in [1.82, 2.24) is 19.7 Å². The molecule has 2 aromatic rings. The SMILES string of the molecule is Cn1cc2c(n1)CCC[C@H]2Nc1ncc(Cl)cn1. The number of nitrogens with one attached hydrogen (secondary N) is 1. The summed E-state index contributed by atoms with van der Waals surface area (Å²) in [7, 11) is 1.95. The van der Waals surface area contributed by atoms with Crippen LogP contribution in [0.1, 0.15) is 30.1 Å². The molecule has 3 rings (SSSR count). The Hall–Kier alpha value is -1.62. The highest BCUT2D eigenvalue weighted by Crippen LogP contribution is 2.30. The molecule has 1 aliphatic carbocycles. The number of halogens is 1. The highest BCUT2D eigenvalue weighted by atomic mass is 35.5. The van der Waals surface area contributed by atoms with Gasteiger partial charge >= 0.3 is 0 Å². The highest BCUT2D eigenvalue weighted by Gasteiger charge is 2.23. The number of hydrogen-bond acceptors (Lipinski definition) is 4. The van der Waals surface area contributed by atoms with E-state index in [0.29, 0.717) is 11.0 Å². The number of aromatic nitrogens is 4. The molecule has 1 N–H and O–H groups in total. The first kappa shape index (κ1) is 11.5. The second-order valence-electron chi connectivity index (χ2n) is 4.52. The van der Waals surface area contributed by atoms with Crippen LogP contribution >= 0.6 is 11.6 Å². The number of hydrogen-bond donors (Lipinski definition) is 1. The van der Waals surface area contributed by atoms with Gasteiger partial charge in [0.25, 0.3) is 0 Å². The summed E-state index contributed by atoms with van der Waals surface area (Å²) in [6.07, 6.45) is 8.53. The summed E-state index contributed by atoms with van der Waals surface area (Å²) in [4.78, 5) is 8.34. The summed E-state index contributed by atoms with van der Waals surface area (Å²) < 4.78 is 1.87. The Labute approximate surface area is 110 Å². The molecule has 0 amide bonds. The third-order valence-electron chi connectivity index (χ3n) is 3.14. The third-order valence-corrected chi connectivity index (χ3v) is 3.34. The summed E-state index contributed by atoms with van der Waals surface area (Å²) in [5.41, 5.74) is 2.43. The smallest absolute Gasteiger partial charge is 0.223 e. The Morgan fingerprint density at radius 1 is 1.39 bits per heavy atom. The van der Waals surface area contributed by atoms with Gasteiger partial charge in [0.1, 0.15) is 0 Å². The van der Waals surface area contributed by atoms with Crippen LogP contribution in [-0.2, 0) is 13.5 Å². The van der Waals surface area contributed by atoms with E-state index >= 15 is 0 Å². The van der Waals surface area contributed by atoms with Crippen LogP contribution in [0.2, 0.25) is 5.02 Å². The van der Waals surface area contributed by atoms with Gasteiger partial charge in [-0.3, -0.25) is 4.68 Å². The minimum Gasteiger partial charge on any atom is -0.347 e. The molecule has 5 nitrogen and oxygen atoms in total. The van der Waals surface area contributed by atoms with Crippen LogP contribution in [0.5, 0.6) is 0 Å². The molecule has 1 aliphatic rings. The van der Waals surface area contributed by atoms with E-state index in [1.165, 1.54) is 11.3 Å². The maximum absolute atomic E-state index is 5.77. The molecular weight excluding hydrogens is 250 g/mol. The maximum Gasteiger partial charge on any atom is 0.223 e. The number of fused-ring (bicyclic) bond motifs is 1. The van der Waals surface area contributed by atoms with Gasteiger partial charge in [-0.05, 0) is 19.3 Å². The van der Waals surface area contributed by atoms with Crippen LogP contribution < -0.4 is 5.32 Å². The minimum absolute atomic E-state index is 0.239. The second-order valence-corrected chi connectivity index (χ2v) is 4.96. The number of aryl methyl sites for hydroxylation is 2. The van der Waals surface area contributed by atoms with E-state index < -0.39 is 0 Å². The predicted octanol–water partition coefficient (Wildman–Crippen LogP) is 2.35. The normalized spacial score (nSPS) is 18.4. The lowest BCUT2D eigenvalue weighted by molar-refractivity contribution is 0.589. The van der Waals surface area contributed by atoms with Crippen LogP contribution in [0, 0.1) is 0 Å². The first-order valence-corrected chi connectivity index (χ1v) is 6.36. The molecule has 0 saturated heterocycles. The molecule has 0 aromatic carbocycles. The van der Waals surface area contributed by atoms with Gasteiger partial charge in [-0.15, -0.1) is 0 Å². The summed E-state index contributed by atoms with van der Waals surface area (Å²) >= 11 is 5.77. The van der Waals surface area contributed by atoms with E-state index in [1.54, 1.807) is 12.4 Å². The average molecular weight is 264 g/mol. The van der Waals surface area contributed by atoms with Crippen LogP contribution in [-0.4, -0.2) is 19.7 Å². The Bertz CT molecular complexity index is 548. The molecule has 1 atom stereocenters. The summed E-state index contributed by atoms with van der Waals surface area (Å²) in [6, 6.07) is 0.239. The lowest BCUT2D eigenvalue weighted by Gasteiger charge is -2.22. The van der Waals surface area contributed by atoms with Crippen molar-refractivity contribution in [2.24, 2.45) is 7.05 Å². The molecule has 18 heavy (non-hydrogen) atoms. The Morgan fingerprint density at radius 3 is 2.94 bits per heavy atom. The van der Waals surface area contributed by atoms with Crippen LogP contribution in [0.15, 0.2) is 18.6 Å². The van der Waals surface area contributed by atoms with Crippen molar-refractivity contribution >= 4 is 17.5 Å². The van der Waals surface area contributed by atoms with Crippen molar-refractivity contribution < 1.29 is 0 Å². The van der Waals surface area contributed by atoms with Crippen LogP contribution in [0.3, 0.4) is 0 Å². The zero-order valence-corrected chi connectivity index (χ0v) is 10.9. The summed E-state index contributed by atoms with van der Waals surface area (Å²) in [6.45, 7) is 0. The van der Waals surface area contributed by atoms with Crippen LogP contribution in [0.25, 0.3) is 0 Å². The fourth-order valence-corrected chi connectivity index (χ4v) is 2.46. The van der Waals surface area contributed by atoms with Crippen molar-refractivity contribution in [1.29, 1.82) is 0 Å². The van der Waals surface area contributed by atoms with Gasteiger partial charge in [-0.2, -0.15) is 5.10 Å². The van der Waals surface area contributed by atoms with Crippen molar-refractivity contribution in [2.75, 3.05) is 5.32 Å². The standard InChI is InChI=1S/C12H14ClN5/c1-18-7-9-10(3-2-4-11(9)17-18)16-12-14-5-8(13)6-15-12/h5-7,10H,2-4H2,1H3,(H,14,15,16)/t10-/m1/s1. The van der Waals surface area contributed by atoms with E-state index in [-0.39, 0.29) is 6.04 Å². The molecule has 2 aromatic heterocycles. The Morgan fingerprint density at radius 2 is 2.17 bits per heavy atom. The minimum atomic E-state index is 0.239. The van der Waals surface area contributed by atoms with E-state index in [9.17, 15) is 0 Å². The second kappa shape index (κ2) is 4.57. The third kappa shape index (κ3) is 2.18. The van der Waals surface area contributed by atoms with E-state index in [0.717, 1.165) is 19.3 Å². The Balaban J connectivity index is 1.83. The number of nitrogens with zero attached hydrogens (tertiary/aromatic N) is 4. The molecule has 6 heteroatoms. The van der Waals surface area contributed by atoms with Gasteiger partial charge in [0.15, 0.2) is 0 Å². The highest BCUT2D eigenvalue weighted by molar-refractivity contribution is 6.30. The van der Waals surface area contributed by atoms with Gasteiger partial charge < -0.3 is 5.32 Å². The molecule has 94 valence electrons. The zero-order chi connectivity index (χ0) is 12.5. The Kier molecular flexibility index (Phi) is 2.91. The molecule has 0 fully saturated rings. The molecule has 2 heterocycles. The van der Waals surface area contributed by atoms with Gasteiger partial charge in [-0.1, -0.05) is 11.6 Å². The van der Waals surface area contributed by atoms with Gasteiger partial charge in [0.2, 0.25) is 5.95 Å². The first-order chi connectivity index (χ1) is 8.72. The van der Waals surface area contributed by atoms with Crippen molar-refractivity contribution in [2.45, 2.75) is 25.3 Å². The van der Waals surface area contributed by atoms with Gasteiger partial charge in [-0.25, -0.2) is 9.97 Å². The van der Waals surface area contributed by atoms with E-state index in [4.69, 9.17) is 11.6 Å². The molecule has 0 saturated carbocycles. The number of rotatable bonds is 2. The molecule has 0 radical (unpaired) electrons. The van der Waals surface area contributed by atoms with Crippen LogP contribution in [0.4, 0.5) is 5.95 Å². The van der Waals surface area contributed by atoms with Crippen molar-refractivity contribution in [3.63, 3.8) is 0 Å². The fraction of sp³-hybridized carbons (Fsp3) is 0.417. The monoisotopic (exact) mass is 263 g/mol. The molecule has 0 unspecified atom stereocenters. The molecular formula is C12H14ClN5. The number of anilines is 1. The quantitative estimate of drug-likeness (QED) is 0.904. The predicted molar refractivity (Wildman–Crippen MR) is 69.6 cm³/mol. The zero-order valence-electron chi connectivity index (χ0n) is 10.1. The fourth-order valence-electron chi connectivity index (χ4n) is 2.36. The lowest BCUT2D eigenvalue weighted by Crippen LogP contribution is -2.17. The molecule has 0 aliphatic heterocycles. The molecule has 0 spiro atoms. The van der Waals surface area contributed by atoms with E-state index in [2.05, 4.69) is 26.6 Å². The lowest BCUT2D eigenvalue weighted by atomic mass is 9.93.